The fourth-order valence-electron chi connectivity index (χ4n) is 2.82. The summed E-state index contributed by atoms with van der Waals surface area (Å²) in [6.07, 6.45) is -0.190. The van der Waals surface area contributed by atoms with Gasteiger partial charge in [0.2, 0.25) is 0 Å². The summed E-state index contributed by atoms with van der Waals surface area (Å²) in [4.78, 5) is 0. The SMILES string of the molecule is Cc1cc(C2OCCO2)c(C)cc1CNCc1ccccc1. The van der Waals surface area contributed by atoms with Crippen molar-refractivity contribution in [2.45, 2.75) is 33.2 Å². The summed E-state index contributed by atoms with van der Waals surface area (Å²) in [5, 5.41) is 3.51. The predicted octanol–water partition coefficient (Wildman–Crippen LogP) is 3.64. The van der Waals surface area contributed by atoms with E-state index in [4.69, 9.17) is 9.47 Å². The highest BCUT2D eigenvalue weighted by Gasteiger charge is 2.20. The minimum Gasteiger partial charge on any atom is -0.346 e. The number of nitrogens with one attached hydrogen (secondary N) is 1. The van der Waals surface area contributed by atoms with Crippen molar-refractivity contribution >= 4 is 0 Å². The van der Waals surface area contributed by atoms with Crippen molar-refractivity contribution in [3.05, 3.63) is 70.3 Å². The van der Waals surface area contributed by atoms with E-state index >= 15 is 0 Å². The Bertz CT molecular complexity index is 619. The molecule has 3 nitrogen and oxygen atoms in total. The maximum absolute atomic E-state index is 5.62. The van der Waals surface area contributed by atoms with Gasteiger partial charge in [0.15, 0.2) is 6.29 Å². The monoisotopic (exact) mass is 297 g/mol. The van der Waals surface area contributed by atoms with Gasteiger partial charge in [-0.1, -0.05) is 42.5 Å². The molecule has 1 heterocycles. The minimum atomic E-state index is -0.190. The van der Waals surface area contributed by atoms with Crippen molar-refractivity contribution in [1.29, 1.82) is 0 Å². The van der Waals surface area contributed by atoms with E-state index in [0.717, 1.165) is 18.7 Å². The molecule has 0 unspecified atom stereocenters. The normalized spacial score (nSPS) is 15.4. The van der Waals surface area contributed by atoms with Crippen molar-refractivity contribution in [1.82, 2.24) is 5.32 Å². The summed E-state index contributed by atoms with van der Waals surface area (Å²) in [6, 6.07) is 14.9. The zero-order valence-electron chi connectivity index (χ0n) is 13.3. The molecule has 0 aliphatic carbocycles. The quantitative estimate of drug-likeness (QED) is 0.914. The van der Waals surface area contributed by atoms with Crippen molar-refractivity contribution < 1.29 is 9.47 Å². The molecule has 0 radical (unpaired) electrons. The molecule has 0 amide bonds. The molecular formula is C19H23NO2. The van der Waals surface area contributed by atoms with E-state index in [1.807, 2.05) is 6.07 Å². The van der Waals surface area contributed by atoms with E-state index in [1.165, 1.54) is 22.3 Å². The van der Waals surface area contributed by atoms with E-state index in [2.05, 4.69) is 55.6 Å². The Hall–Kier alpha value is -1.68. The van der Waals surface area contributed by atoms with Crippen LogP contribution in [-0.2, 0) is 22.6 Å². The average Bonchev–Trinajstić information content (AvgIpc) is 3.05. The molecule has 2 aromatic carbocycles. The van der Waals surface area contributed by atoms with E-state index in [-0.39, 0.29) is 6.29 Å². The van der Waals surface area contributed by atoms with Crippen molar-refractivity contribution in [3.63, 3.8) is 0 Å². The fraction of sp³-hybridized carbons (Fsp3) is 0.368. The van der Waals surface area contributed by atoms with Crippen LogP contribution in [0.5, 0.6) is 0 Å². The molecule has 1 aliphatic rings. The van der Waals surface area contributed by atoms with Gasteiger partial charge in [-0.15, -0.1) is 0 Å². The molecule has 1 saturated heterocycles. The van der Waals surface area contributed by atoms with Gasteiger partial charge in [0.1, 0.15) is 0 Å². The van der Waals surface area contributed by atoms with Crippen LogP contribution in [0.2, 0.25) is 0 Å². The van der Waals surface area contributed by atoms with Gasteiger partial charge < -0.3 is 14.8 Å². The Kier molecular flexibility index (Phi) is 4.88. The van der Waals surface area contributed by atoms with Gasteiger partial charge in [-0.3, -0.25) is 0 Å². The molecule has 1 N–H and O–H groups in total. The van der Waals surface area contributed by atoms with Crippen molar-refractivity contribution in [2.75, 3.05) is 13.2 Å². The first-order valence-corrected chi connectivity index (χ1v) is 7.82. The highest BCUT2D eigenvalue weighted by Crippen LogP contribution is 2.28. The number of hydrogen-bond acceptors (Lipinski definition) is 3. The molecule has 0 bridgehead atoms. The Labute approximate surface area is 132 Å². The van der Waals surface area contributed by atoms with E-state index in [0.29, 0.717) is 13.2 Å². The molecule has 22 heavy (non-hydrogen) atoms. The second-order valence-electron chi connectivity index (χ2n) is 5.80. The lowest BCUT2D eigenvalue weighted by Crippen LogP contribution is -2.14. The Morgan fingerprint density at radius 2 is 1.68 bits per heavy atom. The smallest absolute Gasteiger partial charge is 0.184 e. The maximum atomic E-state index is 5.62. The number of ether oxygens (including phenoxy) is 2. The summed E-state index contributed by atoms with van der Waals surface area (Å²) in [6.45, 7) is 7.40. The van der Waals surface area contributed by atoms with Gasteiger partial charge >= 0.3 is 0 Å². The van der Waals surface area contributed by atoms with E-state index in [1.54, 1.807) is 0 Å². The molecule has 0 atom stereocenters. The third-order valence-electron chi connectivity index (χ3n) is 4.09. The second kappa shape index (κ2) is 7.05. The highest BCUT2D eigenvalue weighted by molar-refractivity contribution is 5.38. The van der Waals surface area contributed by atoms with E-state index < -0.39 is 0 Å². The fourth-order valence-corrected chi connectivity index (χ4v) is 2.82. The third kappa shape index (κ3) is 3.55. The Morgan fingerprint density at radius 1 is 0.955 bits per heavy atom. The van der Waals surface area contributed by atoms with Gasteiger partial charge in [0.25, 0.3) is 0 Å². The molecule has 116 valence electrons. The van der Waals surface area contributed by atoms with Crippen molar-refractivity contribution in [2.24, 2.45) is 0 Å². The summed E-state index contributed by atoms with van der Waals surface area (Å²) in [5.74, 6) is 0. The summed E-state index contributed by atoms with van der Waals surface area (Å²) < 4.78 is 11.2. The Morgan fingerprint density at radius 3 is 2.41 bits per heavy atom. The van der Waals surface area contributed by atoms with Crippen LogP contribution < -0.4 is 5.32 Å². The molecule has 0 aromatic heterocycles. The van der Waals surface area contributed by atoms with Gasteiger partial charge in [-0.05, 0) is 36.1 Å². The topological polar surface area (TPSA) is 30.5 Å². The van der Waals surface area contributed by atoms with Crippen LogP contribution in [0.15, 0.2) is 42.5 Å². The van der Waals surface area contributed by atoms with Crippen LogP contribution in [0.4, 0.5) is 0 Å². The molecule has 3 heteroatoms. The minimum absolute atomic E-state index is 0.190. The molecule has 0 spiro atoms. The number of aryl methyl sites for hydroxylation is 2. The first-order chi connectivity index (χ1) is 10.7. The first-order valence-electron chi connectivity index (χ1n) is 7.82. The first kappa shape index (κ1) is 15.2. The van der Waals surface area contributed by atoms with Crippen molar-refractivity contribution in [3.8, 4) is 0 Å². The van der Waals surface area contributed by atoms with Gasteiger partial charge in [-0.25, -0.2) is 0 Å². The van der Waals surface area contributed by atoms with Gasteiger partial charge in [0, 0.05) is 18.7 Å². The summed E-state index contributed by atoms with van der Waals surface area (Å²) >= 11 is 0. The molecule has 3 rings (SSSR count). The lowest BCUT2D eigenvalue weighted by molar-refractivity contribution is -0.0445. The highest BCUT2D eigenvalue weighted by atomic mass is 16.7. The molecule has 1 fully saturated rings. The predicted molar refractivity (Wildman–Crippen MR) is 87.5 cm³/mol. The van der Waals surface area contributed by atoms with Crippen LogP contribution in [0, 0.1) is 13.8 Å². The molecule has 1 aliphatic heterocycles. The number of hydrogen-bond donors (Lipinski definition) is 1. The van der Waals surface area contributed by atoms with Crippen LogP contribution in [0.25, 0.3) is 0 Å². The second-order valence-corrected chi connectivity index (χ2v) is 5.80. The van der Waals surface area contributed by atoms with E-state index in [9.17, 15) is 0 Å². The lowest BCUT2D eigenvalue weighted by Gasteiger charge is -2.16. The van der Waals surface area contributed by atoms with Crippen LogP contribution in [0.3, 0.4) is 0 Å². The zero-order valence-corrected chi connectivity index (χ0v) is 13.3. The lowest BCUT2D eigenvalue weighted by atomic mass is 9.99. The zero-order chi connectivity index (χ0) is 15.4. The Balaban J connectivity index is 1.65. The van der Waals surface area contributed by atoms with Gasteiger partial charge in [-0.2, -0.15) is 0 Å². The van der Waals surface area contributed by atoms with Crippen LogP contribution in [-0.4, -0.2) is 13.2 Å². The molecule has 2 aromatic rings. The largest absolute Gasteiger partial charge is 0.346 e. The summed E-state index contributed by atoms with van der Waals surface area (Å²) in [5.41, 5.74) is 6.30. The van der Waals surface area contributed by atoms with Gasteiger partial charge in [0.05, 0.1) is 13.2 Å². The summed E-state index contributed by atoms with van der Waals surface area (Å²) in [7, 11) is 0. The molecular weight excluding hydrogens is 274 g/mol. The average molecular weight is 297 g/mol. The number of benzene rings is 2. The van der Waals surface area contributed by atoms with Crippen LogP contribution in [0.1, 0.15) is 34.1 Å². The number of rotatable bonds is 5. The standard InChI is InChI=1S/C19H23NO2/c1-14-11-18(19-21-8-9-22-19)15(2)10-17(14)13-20-12-16-6-4-3-5-7-16/h3-7,10-11,19-20H,8-9,12-13H2,1-2H3. The van der Waals surface area contributed by atoms with Crippen LogP contribution >= 0.6 is 0 Å². The molecule has 0 saturated carbocycles. The third-order valence-corrected chi connectivity index (χ3v) is 4.09. The maximum Gasteiger partial charge on any atom is 0.184 e.